The molecule has 160 valence electrons. The first kappa shape index (κ1) is 20.9. The van der Waals surface area contributed by atoms with Crippen molar-refractivity contribution in [1.82, 2.24) is 35.4 Å². The summed E-state index contributed by atoms with van der Waals surface area (Å²) < 4.78 is 2.08. The Bertz CT molecular complexity index is 1100. The van der Waals surface area contributed by atoms with Crippen LogP contribution in [0.25, 0.3) is 11.4 Å². The molecular formula is C24H29N7. The lowest BCUT2D eigenvalue weighted by molar-refractivity contribution is 0.574. The quantitative estimate of drug-likeness (QED) is 0.433. The molecule has 4 aromatic rings. The van der Waals surface area contributed by atoms with Gasteiger partial charge in [0.05, 0.1) is 6.54 Å². The van der Waals surface area contributed by atoms with E-state index in [1.54, 1.807) is 0 Å². The minimum Gasteiger partial charge on any atom is -0.245 e. The highest BCUT2D eigenvalue weighted by molar-refractivity contribution is 5.60. The standard InChI is InChI=1S/C24H29N7/c1-4-8-22-25-24(17(3)5-2)31(28-22)16-19-13-11-18(12-14-19)15-20-9-6-7-10-21(20)23-26-29-30-27-23/h6-7,9-14,17H,4-5,8,15-16H2,1-3H3,(H,26,27,29,30). The van der Waals surface area contributed by atoms with E-state index in [4.69, 9.17) is 10.1 Å². The summed E-state index contributed by atoms with van der Waals surface area (Å²) in [7, 11) is 0. The fourth-order valence-electron chi connectivity index (χ4n) is 3.73. The molecule has 0 amide bonds. The van der Waals surface area contributed by atoms with Gasteiger partial charge in [0, 0.05) is 17.9 Å². The summed E-state index contributed by atoms with van der Waals surface area (Å²) in [6.45, 7) is 7.34. The molecule has 0 aliphatic heterocycles. The molecule has 0 fully saturated rings. The van der Waals surface area contributed by atoms with Crippen LogP contribution < -0.4 is 0 Å². The minimum atomic E-state index is 0.402. The lowest BCUT2D eigenvalue weighted by atomic mass is 9.98. The number of rotatable bonds is 9. The molecule has 7 nitrogen and oxygen atoms in total. The average molecular weight is 416 g/mol. The van der Waals surface area contributed by atoms with Crippen molar-refractivity contribution in [2.75, 3.05) is 0 Å². The van der Waals surface area contributed by atoms with Crippen LogP contribution >= 0.6 is 0 Å². The van der Waals surface area contributed by atoms with E-state index in [2.05, 4.69) is 76.4 Å². The Morgan fingerprint density at radius 1 is 1.00 bits per heavy atom. The second-order valence-corrected chi connectivity index (χ2v) is 8.00. The molecule has 1 unspecified atom stereocenters. The summed E-state index contributed by atoms with van der Waals surface area (Å²) >= 11 is 0. The molecule has 0 aliphatic rings. The van der Waals surface area contributed by atoms with Crippen molar-refractivity contribution in [2.24, 2.45) is 0 Å². The van der Waals surface area contributed by atoms with E-state index in [1.165, 1.54) is 16.7 Å². The number of benzene rings is 2. The predicted molar refractivity (Wildman–Crippen MR) is 121 cm³/mol. The molecular weight excluding hydrogens is 386 g/mol. The molecule has 0 saturated heterocycles. The number of aryl methyl sites for hydroxylation is 1. The molecule has 2 heterocycles. The molecule has 2 aromatic heterocycles. The van der Waals surface area contributed by atoms with Crippen LogP contribution in [0.1, 0.15) is 67.9 Å². The van der Waals surface area contributed by atoms with Gasteiger partial charge in [0.25, 0.3) is 0 Å². The van der Waals surface area contributed by atoms with E-state index >= 15 is 0 Å². The SMILES string of the molecule is CCCc1nc(C(C)CC)n(Cc2ccc(Cc3ccccc3-c3nnn[nH]3)cc2)n1. The van der Waals surface area contributed by atoms with Gasteiger partial charge in [0.2, 0.25) is 0 Å². The predicted octanol–water partition coefficient (Wildman–Crippen LogP) is 4.56. The molecule has 0 spiro atoms. The highest BCUT2D eigenvalue weighted by Gasteiger charge is 2.15. The lowest BCUT2D eigenvalue weighted by Gasteiger charge is -2.11. The Hall–Kier alpha value is -3.35. The molecule has 0 aliphatic carbocycles. The number of tetrazole rings is 1. The molecule has 31 heavy (non-hydrogen) atoms. The van der Waals surface area contributed by atoms with Gasteiger partial charge in [-0.1, -0.05) is 69.3 Å². The van der Waals surface area contributed by atoms with E-state index in [9.17, 15) is 0 Å². The summed E-state index contributed by atoms with van der Waals surface area (Å²) in [6.07, 6.45) is 3.86. The number of aromatic nitrogens is 7. The number of hydrogen-bond donors (Lipinski definition) is 1. The topological polar surface area (TPSA) is 85.2 Å². The van der Waals surface area contributed by atoms with Crippen molar-refractivity contribution in [3.8, 4) is 11.4 Å². The van der Waals surface area contributed by atoms with Crippen LogP contribution in [0.15, 0.2) is 48.5 Å². The van der Waals surface area contributed by atoms with Crippen molar-refractivity contribution in [1.29, 1.82) is 0 Å². The van der Waals surface area contributed by atoms with Gasteiger partial charge < -0.3 is 0 Å². The Morgan fingerprint density at radius 2 is 1.77 bits per heavy atom. The summed E-state index contributed by atoms with van der Waals surface area (Å²) in [5, 5.41) is 19.1. The number of nitrogens with zero attached hydrogens (tertiary/aromatic N) is 6. The Morgan fingerprint density at radius 3 is 2.48 bits per heavy atom. The Kier molecular flexibility index (Phi) is 6.50. The van der Waals surface area contributed by atoms with Crippen LogP contribution in [0.4, 0.5) is 0 Å². The fourth-order valence-corrected chi connectivity index (χ4v) is 3.73. The fraction of sp³-hybridized carbons (Fsp3) is 0.375. The van der Waals surface area contributed by atoms with Crippen molar-refractivity contribution in [3.63, 3.8) is 0 Å². The molecule has 0 radical (unpaired) electrons. The third-order valence-electron chi connectivity index (χ3n) is 5.64. The highest BCUT2D eigenvalue weighted by Crippen LogP contribution is 2.23. The molecule has 1 N–H and O–H groups in total. The summed E-state index contributed by atoms with van der Waals surface area (Å²) in [6, 6.07) is 17.0. The monoisotopic (exact) mass is 415 g/mol. The van der Waals surface area contributed by atoms with Gasteiger partial charge in [-0.3, -0.25) is 0 Å². The zero-order valence-corrected chi connectivity index (χ0v) is 18.4. The second-order valence-electron chi connectivity index (χ2n) is 8.00. The van der Waals surface area contributed by atoms with Crippen molar-refractivity contribution in [2.45, 2.75) is 58.9 Å². The average Bonchev–Trinajstić information content (AvgIpc) is 3.46. The third kappa shape index (κ3) is 4.87. The van der Waals surface area contributed by atoms with Gasteiger partial charge in [-0.15, -0.1) is 5.10 Å². The molecule has 7 heteroatoms. The summed E-state index contributed by atoms with van der Waals surface area (Å²) in [5.74, 6) is 3.14. The number of H-pyrrole nitrogens is 1. The van der Waals surface area contributed by atoms with Crippen LogP contribution in [-0.2, 0) is 19.4 Å². The van der Waals surface area contributed by atoms with Crippen molar-refractivity contribution in [3.05, 3.63) is 76.9 Å². The van der Waals surface area contributed by atoms with Gasteiger partial charge in [0.15, 0.2) is 11.6 Å². The van der Waals surface area contributed by atoms with Crippen LogP contribution in [0.2, 0.25) is 0 Å². The van der Waals surface area contributed by atoms with Gasteiger partial charge >= 0.3 is 0 Å². The molecule has 1 atom stereocenters. The zero-order valence-electron chi connectivity index (χ0n) is 18.4. The maximum atomic E-state index is 4.81. The first-order chi connectivity index (χ1) is 15.2. The van der Waals surface area contributed by atoms with Gasteiger partial charge in [0.1, 0.15) is 5.82 Å². The van der Waals surface area contributed by atoms with E-state index in [0.29, 0.717) is 11.7 Å². The molecule has 0 saturated carbocycles. The van der Waals surface area contributed by atoms with Crippen LogP contribution in [-0.4, -0.2) is 35.4 Å². The second kappa shape index (κ2) is 9.64. The van der Waals surface area contributed by atoms with Crippen molar-refractivity contribution < 1.29 is 0 Å². The maximum Gasteiger partial charge on any atom is 0.179 e. The minimum absolute atomic E-state index is 0.402. The van der Waals surface area contributed by atoms with Crippen molar-refractivity contribution >= 4 is 0 Å². The molecule has 2 aromatic carbocycles. The van der Waals surface area contributed by atoms with E-state index in [-0.39, 0.29) is 0 Å². The smallest absolute Gasteiger partial charge is 0.179 e. The first-order valence-corrected chi connectivity index (χ1v) is 11.0. The van der Waals surface area contributed by atoms with Gasteiger partial charge in [-0.05, 0) is 46.4 Å². The largest absolute Gasteiger partial charge is 0.245 e. The van der Waals surface area contributed by atoms with Crippen LogP contribution in [0.5, 0.6) is 0 Å². The highest BCUT2D eigenvalue weighted by atomic mass is 15.5. The summed E-state index contributed by atoms with van der Waals surface area (Å²) in [4.78, 5) is 4.81. The Balaban J connectivity index is 1.51. The van der Waals surface area contributed by atoms with Crippen LogP contribution in [0.3, 0.4) is 0 Å². The lowest BCUT2D eigenvalue weighted by Crippen LogP contribution is -2.09. The first-order valence-electron chi connectivity index (χ1n) is 11.0. The maximum absolute atomic E-state index is 4.81. The molecule has 4 rings (SSSR count). The molecule has 0 bridgehead atoms. The third-order valence-corrected chi connectivity index (χ3v) is 5.64. The normalized spacial score (nSPS) is 12.2. The van der Waals surface area contributed by atoms with Gasteiger partial charge in [-0.25, -0.2) is 14.8 Å². The van der Waals surface area contributed by atoms with Gasteiger partial charge in [-0.2, -0.15) is 5.10 Å². The summed E-state index contributed by atoms with van der Waals surface area (Å²) in [5.41, 5.74) is 4.69. The number of hydrogen-bond acceptors (Lipinski definition) is 5. The van der Waals surface area contributed by atoms with E-state index in [0.717, 1.165) is 49.4 Å². The zero-order chi connectivity index (χ0) is 21.6. The Labute approximate surface area is 182 Å². The van der Waals surface area contributed by atoms with E-state index < -0.39 is 0 Å². The number of nitrogens with one attached hydrogen (secondary N) is 1. The van der Waals surface area contributed by atoms with Crippen LogP contribution in [0, 0.1) is 0 Å². The number of aromatic amines is 1. The van der Waals surface area contributed by atoms with E-state index in [1.807, 2.05) is 18.2 Å².